The van der Waals surface area contributed by atoms with E-state index in [0.717, 1.165) is 25.2 Å². The van der Waals surface area contributed by atoms with Gasteiger partial charge >= 0.3 is 0 Å². The van der Waals surface area contributed by atoms with E-state index in [1.807, 2.05) is 18.2 Å². The molecule has 142 valence electrons. The first-order valence-electron chi connectivity index (χ1n) is 8.97. The van der Waals surface area contributed by atoms with Gasteiger partial charge in [0.25, 0.3) is 0 Å². The van der Waals surface area contributed by atoms with Gasteiger partial charge in [0, 0.05) is 25.3 Å². The van der Waals surface area contributed by atoms with Gasteiger partial charge in [-0.1, -0.05) is 30.3 Å². The summed E-state index contributed by atoms with van der Waals surface area (Å²) < 4.78 is 32.6. The third-order valence-electron chi connectivity index (χ3n) is 5.01. The second-order valence-electron chi connectivity index (χ2n) is 6.80. The predicted molar refractivity (Wildman–Crippen MR) is 103 cm³/mol. The van der Waals surface area contributed by atoms with Gasteiger partial charge in [-0.3, -0.25) is 0 Å². The van der Waals surface area contributed by atoms with Crippen LogP contribution >= 0.6 is 0 Å². The molecule has 0 aliphatic carbocycles. The molecule has 27 heavy (non-hydrogen) atoms. The van der Waals surface area contributed by atoms with E-state index in [0.29, 0.717) is 23.7 Å². The lowest BCUT2D eigenvalue weighted by Crippen LogP contribution is -2.39. The van der Waals surface area contributed by atoms with Crippen LogP contribution in [0.25, 0.3) is 0 Å². The van der Waals surface area contributed by atoms with Crippen molar-refractivity contribution in [3.8, 4) is 5.75 Å². The molecule has 0 bridgehead atoms. The summed E-state index contributed by atoms with van der Waals surface area (Å²) in [6.45, 7) is 2.52. The van der Waals surface area contributed by atoms with Crippen molar-refractivity contribution in [3.63, 3.8) is 0 Å². The van der Waals surface area contributed by atoms with Crippen LogP contribution < -0.4 is 10.2 Å². The Morgan fingerprint density at radius 3 is 2.48 bits per heavy atom. The van der Waals surface area contributed by atoms with Crippen molar-refractivity contribution >= 4 is 10.0 Å². The van der Waals surface area contributed by atoms with E-state index in [4.69, 9.17) is 4.74 Å². The maximum absolute atomic E-state index is 13.0. The van der Waals surface area contributed by atoms with Crippen LogP contribution in [-0.2, 0) is 16.6 Å². The van der Waals surface area contributed by atoms with Gasteiger partial charge in [-0.25, -0.2) is 13.4 Å². The Morgan fingerprint density at radius 2 is 1.78 bits per heavy atom. The Labute approximate surface area is 160 Å². The summed E-state index contributed by atoms with van der Waals surface area (Å²) in [7, 11) is -1.95. The molecule has 0 radical (unpaired) electrons. The van der Waals surface area contributed by atoms with Gasteiger partial charge < -0.3 is 10.2 Å². The van der Waals surface area contributed by atoms with Crippen LogP contribution in [0.5, 0.6) is 5.75 Å². The highest BCUT2D eigenvalue weighted by Gasteiger charge is 2.33. The second kappa shape index (κ2) is 7.34. The highest BCUT2D eigenvalue weighted by atomic mass is 32.2. The maximum Gasteiger partial charge on any atom is 0.243 e. The summed E-state index contributed by atoms with van der Waals surface area (Å²) in [6.07, 6.45) is 0.753. The van der Waals surface area contributed by atoms with Crippen LogP contribution in [0.1, 0.15) is 12.0 Å². The van der Waals surface area contributed by atoms with Crippen molar-refractivity contribution in [1.29, 1.82) is 0 Å². The third-order valence-corrected chi connectivity index (χ3v) is 6.87. The van der Waals surface area contributed by atoms with Gasteiger partial charge in [0.05, 0.1) is 18.6 Å². The number of rotatable bonds is 5. The van der Waals surface area contributed by atoms with Gasteiger partial charge in [-0.15, -0.1) is 0 Å². The molecule has 2 aromatic carbocycles. The standard InChI is InChI=1S/C20H23N3O3S/c1-26-18-7-9-19(10-8-18)27(24,25)23-12-11-17-14-22(21-20(17)15-23)13-16-5-3-2-4-6-16/h2-10,21H,11-15H2,1H3. The molecule has 6 nitrogen and oxygen atoms in total. The molecular formula is C20H23N3O3S. The Balaban J connectivity index is 1.44. The smallest absolute Gasteiger partial charge is 0.243 e. The van der Waals surface area contributed by atoms with E-state index in [1.165, 1.54) is 11.1 Å². The van der Waals surface area contributed by atoms with Crippen molar-refractivity contribution in [2.45, 2.75) is 17.9 Å². The molecule has 0 aromatic heterocycles. The highest BCUT2D eigenvalue weighted by molar-refractivity contribution is 7.89. The SMILES string of the molecule is COc1ccc(S(=O)(=O)N2CCC3=C(C2)NN(Cc2ccccc2)C3)cc1. The number of benzene rings is 2. The largest absolute Gasteiger partial charge is 0.497 e. The summed E-state index contributed by atoms with van der Waals surface area (Å²) in [5, 5.41) is 2.14. The number of hydrogen-bond acceptors (Lipinski definition) is 5. The van der Waals surface area contributed by atoms with Crippen molar-refractivity contribution in [3.05, 3.63) is 71.4 Å². The molecule has 1 N–H and O–H groups in total. The van der Waals surface area contributed by atoms with Crippen LogP contribution in [0.15, 0.2) is 70.8 Å². The zero-order valence-corrected chi connectivity index (χ0v) is 16.1. The number of sulfonamides is 1. The fourth-order valence-corrected chi connectivity index (χ4v) is 4.94. The minimum atomic E-state index is -3.52. The summed E-state index contributed by atoms with van der Waals surface area (Å²) in [6, 6.07) is 16.8. The fraction of sp³-hybridized carbons (Fsp3) is 0.300. The van der Waals surface area contributed by atoms with Crippen LogP contribution in [0, 0.1) is 0 Å². The molecule has 0 amide bonds. The number of hydrogen-bond donors (Lipinski definition) is 1. The van der Waals surface area contributed by atoms with Gasteiger partial charge in [0.1, 0.15) is 5.75 Å². The zero-order chi connectivity index (χ0) is 18.9. The minimum Gasteiger partial charge on any atom is -0.497 e. The van der Waals surface area contributed by atoms with Crippen LogP contribution in [0.3, 0.4) is 0 Å². The van der Waals surface area contributed by atoms with Crippen LogP contribution in [-0.4, -0.2) is 44.5 Å². The number of ether oxygens (including phenoxy) is 1. The lowest BCUT2D eigenvalue weighted by Gasteiger charge is -2.27. The van der Waals surface area contributed by atoms with Crippen LogP contribution in [0.2, 0.25) is 0 Å². The lowest BCUT2D eigenvalue weighted by molar-refractivity contribution is 0.245. The zero-order valence-electron chi connectivity index (χ0n) is 15.3. The average molecular weight is 385 g/mol. The fourth-order valence-electron chi connectivity index (χ4n) is 3.53. The molecule has 0 atom stereocenters. The molecule has 2 heterocycles. The molecule has 0 unspecified atom stereocenters. The Hall–Kier alpha value is -2.35. The van der Waals surface area contributed by atoms with Crippen molar-refractivity contribution in [1.82, 2.24) is 14.7 Å². The summed E-state index contributed by atoms with van der Waals surface area (Å²) in [4.78, 5) is 0.298. The summed E-state index contributed by atoms with van der Waals surface area (Å²) in [5.41, 5.74) is 6.94. The van der Waals surface area contributed by atoms with Gasteiger partial charge in [0.2, 0.25) is 10.0 Å². The molecule has 0 saturated carbocycles. The van der Waals surface area contributed by atoms with Crippen molar-refractivity contribution < 1.29 is 13.2 Å². The average Bonchev–Trinajstić information content (AvgIpc) is 3.10. The van der Waals surface area contributed by atoms with E-state index in [1.54, 1.807) is 35.7 Å². The maximum atomic E-state index is 13.0. The van der Waals surface area contributed by atoms with Gasteiger partial charge in [0.15, 0.2) is 0 Å². The highest BCUT2D eigenvalue weighted by Crippen LogP contribution is 2.28. The summed E-state index contributed by atoms with van der Waals surface area (Å²) >= 11 is 0. The molecule has 0 spiro atoms. The first-order valence-corrected chi connectivity index (χ1v) is 10.4. The van der Waals surface area contributed by atoms with E-state index in [9.17, 15) is 8.42 Å². The number of nitrogens with zero attached hydrogens (tertiary/aromatic N) is 2. The second-order valence-corrected chi connectivity index (χ2v) is 8.74. The predicted octanol–water partition coefficient (Wildman–Crippen LogP) is 2.36. The molecular weight excluding hydrogens is 362 g/mol. The Kier molecular flexibility index (Phi) is 4.90. The molecule has 2 aliphatic heterocycles. The third kappa shape index (κ3) is 3.71. The van der Waals surface area contributed by atoms with Crippen molar-refractivity contribution in [2.24, 2.45) is 0 Å². The van der Waals surface area contributed by atoms with Crippen molar-refractivity contribution in [2.75, 3.05) is 26.7 Å². The monoisotopic (exact) mass is 385 g/mol. The molecule has 0 saturated heterocycles. The molecule has 4 rings (SSSR count). The number of methoxy groups -OCH3 is 1. The Bertz CT molecular complexity index is 940. The van der Waals surface area contributed by atoms with E-state index < -0.39 is 10.0 Å². The molecule has 7 heteroatoms. The first-order chi connectivity index (χ1) is 13.1. The van der Waals surface area contributed by atoms with Crippen LogP contribution in [0.4, 0.5) is 0 Å². The first kappa shape index (κ1) is 18.0. The molecule has 0 fully saturated rings. The number of nitrogens with one attached hydrogen (secondary N) is 1. The Morgan fingerprint density at radius 1 is 1.04 bits per heavy atom. The topological polar surface area (TPSA) is 61.9 Å². The lowest BCUT2D eigenvalue weighted by atomic mass is 10.1. The van der Waals surface area contributed by atoms with Gasteiger partial charge in [-0.05, 0) is 41.8 Å². The van der Waals surface area contributed by atoms with E-state index >= 15 is 0 Å². The quantitative estimate of drug-likeness (QED) is 0.856. The molecule has 2 aromatic rings. The van der Waals surface area contributed by atoms with E-state index in [2.05, 4.69) is 22.6 Å². The normalized spacial score (nSPS) is 18.3. The van der Waals surface area contributed by atoms with E-state index in [-0.39, 0.29) is 0 Å². The number of hydrazine groups is 1. The molecule has 2 aliphatic rings. The van der Waals surface area contributed by atoms with Gasteiger partial charge in [-0.2, -0.15) is 4.31 Å². The minimum absolute atomic E-state index is 0.298. The summed E-state index contributed by atoms with van der Waals surface area (Å²) in [5.74, 6) is 0.645.